The maximum absolute atomic E-state index is 13.4. The largest absolute Gasteiger partial charge is 0.497 e. The molecule has 0 unspecified atom stereocenters. The van der Waals surface area contributed by atoms with E-state index >= 15 is 0 Å². The molecule has 0 atom stereocenters. The predicted octanol–water partition coefficient (Wildman–Crippen LogP) is 2.57. The molecule has 0 aliphatic carbocycles. The Balaban J connectivity index is 2.68. The lowest BCUT2D eigenvalue weighted by Gasteiger charge is -2.13. The minimum Gasteiger partial charge on any atom is -0.497 e. The van der Waals surface area contributed by atoms with Crippen LogP contribution < -0.4 is 10.3 Å². The number of methoxy groups -OCH3 is 1. The van der Waals surface area contributed by atoms with Gasteiger partial charge in [-0.05, 0) is 30.0 Å². The summed E-state index contributed by atoms with van der Waals surface area (Å²) in [6.45, 7) is 1.52. The first-order chi connectivity index (χ1) is 12.5. The van der Waals surface area contributed by atoms with Crippen LogP contribution >= 0.6 is 0 Å². The number of alkyl halides is 3. The van der Waals surface area contributed by atoms with E-state index in [0.29, 0.717) is 16.7 Å². The second kappa shape index (κ2) is 7.59. The number of fused-ring (bicyclic) bond motifs is 1. The van der Waals surface area contributed by atoms with Gasteiger partial charge in [0.05, 0.1) is 23.9 Å². The molecule has 0 saturated carbocycles. The monoisotopic (exact) mass is 406 g/mol. The molecule has 148 valence electrons. The molecule has 0 fully saturated rings. The van der Waals surface area contributed by atoms with E-state index in [4.69, 9.17) is 4.74 Å². The topological polar surface area (TPSA) is 87.0 Å². The van der Waals surface area contributed by atoms with Gasteiger partial charge in [0, 0.05) is 13.1 Å². The Morgan fingerprint density at radius 1 is 1.26 bits per heavy atom. The SMILES string of the molecule is CCCS(=O)(=O)O/N=C(\c1cc2ccc(OC)cc2n(C)c1=O)C(F)(F)F. The molecule has 0 N–H and O–H groups in total. The maximum atomic E-state index is 13.4. The number of nitrogens with zero attached hydrogens (tertiary/aromatic N) is 2. The van der Waals surface area contributed by atoms with Crippen LogP contribution in [0.5, 0.6) is 5.75 Å². The number of hydrogen-bond donors (Lipinski definition) is 0. The van der Waals surface area contributed by atoms with E-state index in [-0.39, 0.29) is 6.42 Å². The molecule has 1 heterocycles. The number of aryl methyl sites for hydroxylation is 1. The van der Waals surface area contributed by atoms with Crippen LogP contribution in [0.15, 0.2) is 34.2 Å². The highest BCUT2D eigenvalue weighted by Crippen LogP contribution is 2.25. The molecule has 0 aliphatic heterocycles. The number of aromatic nitrogens is 1. The van der Waals surface area contributed by atoms with Gasteiger partial charge in [-0.25, -0.2) is 0 Å². The fourth-order valence-corrected chi connectivity index (χ4v) is 3.14. The summed E-state index contributed by atoms with van der Waals surface area (Å²) < 4.78 is 73.5. The molecule has 7 nitrogen and oxygen atoms in total. The maximum Gasteiger partial charge on any atom is 0.437 e. The lowest BCUT2D eigenvalue weighted by atomic mass is 10.1. The van der Waals surface area contributed by atoms with Crippen LogP contribution in [0.25, 0.3) is 10.9 Å². The van der Waals surface area contributed by atoms with Crippen molar-refractivity contribution in [2.75, 3.05) is 12.9 Å². The molecule has 2 aromatic rings. The fourth-order valence-electron chi connectivity index (χ4n) is 2.37. The molecule has 27 heavy (non-hydrogen) atoms. The Kier molecular flexibility index (Phi) is 5.83. The van der Waals surface area contributed by atoms with E-state index in [1.807, 2.05) is 0 Å². The van der Waals surface area contributed by atoms with Gasteiger partial charge in [0.25, 0.3) is 5.56 Å². The summed E-state index contributed by atoms with van der Waals surface area (Å²) in [5, 5.41) is 3.07. The minimum atomic E-state index is -5.10. The highest BCUT2D eigenvalue weighted by atomic mass is 32.2. The van der Waals surface area contributed by atoms with Gasteiger partial charge < -0.3 is 9.30 Å². The first-order valence-electron chi connectivity index (χ1n) is 7.75. The second-order valence-electron chi connectivity index (χ2n) is 5.62. The molecule has 0 aliphatic rings. The number of ether oxygens (including phenoxy) is 1. The van der Waals surface area contributed by atoms with Crippen LogP contribution in [0, 0.1) is 0 Å². The number of pyridine rings is 1. The van der Waals surface area contributed by atoms with Crippen LogP contribution in [0.1, 0.15) is 18.9 Å². The third-order valence-electron chi connectivity index (χ3n) is 3.65. The van der Waals surface area contributed by atoms with Crippen LogP contribution in [0.4, 0.5) is 13.2 Å². The van der Waals surface area contributed by atoms with Crippen LogP contribution in [-0.2, 0) is 21.4 Å². The summed E-state index contributed by atoms with van der Waals surface area (Å²) in [4.78, 5) is 12.5. The van der Waals surface area contributed by atoms with Crippen LogP contribution in [-0.4, -0.2) is 37.7 Å². The van der Waals surface area contributed by atoms with Crippen molar-refractivity contribution in [2.24, 2.45) is 12.2 Å². The van der Waals surface area contributed by atoms with Crippen molar-refractivity contribution in [1.82, 2.24) is 4.57 Å². The number of rotatable bonds is 6. The lowest BCUT2D eigenvalue weighted by molar-refractivity contribution is -0.0597. The summed E-state index contributed by atoms with van der Waals surface area (Å²) in [7, 11) is -1.58. The number of oxime groups is 1. The highest BCUT2D eigenvalue weighted by Gasteiger charge is 2.40. The van der Waals surface area contributed by atoms with E-state index in [2.05, 4.69) is 9.44 Å². The molecule has 11 heteroatoms. The Morgan fingerprint density at radius 2 is 1.93 bits per heavy atom. The van der Waals surface area contributed by atoms with Gasteiger partial charge in [0.15, 0.2) is 5.71 Å². The molecule has 0 bridgehead atoms. The van der Waals surface area contributed by atoms with Gasteiger partial charge in [0.1, 0.15) is 5.75 Å². The standard InChI is InChI=1S/C16H17F3N2O5S/c1-4-7-27(23,24)26-20-14(16(17,18)19)12-8-10-5-6-11(25-3)9-13(10)21(2)15(12)22/h5-6,8-9H,4,7H2,1-3H3/b20-14+. The summed E-state index contributed by atoms with van der Waals surface area (Å²) in [6, 6.07) is 5.47. The summed E-state index contributed by atoms with van der Waals surface area (Å²) in [6.07, 6.45) is -4.97. The van der Waals surface area contributed by atoms with Crippen LogP contribution in [0.3, 0.4) is 0 Å². The third kappa shape index (κ3) is 4.59. The second-order valence-corrected chi connectivity index (χ2v) is 7.29. The molecule has 0 amide bonds. The van der Waals surface area contributed by atoms with Gasteiger partial charge in [-0.15, -0.1) is 0 Å². The first kappa shape index (κ1) is 20.7. The zero-order valence-electron chi connectivity index (χ0n) is 14.7. The zero-order chi connectivity index (χ0) is 20.4. The average Bonchev–Trinajstić information content (AvgIpc) is 2.57. The molecule has 2 rings (SSSR count). The third-order valence-corrected chi connectivity index (χ3v) is 4.86. The van der Waals surface area contributed by atoms with Crippen molar-refractivity contribution in [1.29, 1.82) is 0 Å². The fraction of sp³-hybridized carbons (Fsp3) is 0.375. The Bertz CT molecular complexity index is 1040. The Morgan fingerprint density at radius 3 is 2.48 bits per heavy atom. The van der Waals surface area contributed by atoms with Gasteiger partial charge >= 0.3 is 16.3 Å². The van der Waals surface area contributed by atoms with E-state index in [1.54, 1.807) is 0 Å². The van der Waals surface area contributed by atoms with Crippen molar-refractivity contribution in [3.05, 3.63) is 40.2 Å². The van der Waals surface area contributed by atoms with Gasteiger partial charge in [-0.1, -0.05) is 12.1 Å². The van der Waals surface area contributed by atoms with E-state index in [9.17, 15) is 26.4 Å². The normalized spacial score (nSPS) is 13.0. The molecule has 0 saturated heterocycles. The smallest absolute Gasteiger partial charge is 0.437 e. The number of benzene rings is 1. The van der Waals surface area contributed by atoms with E-state index < -0.39 is 38.9 Å². The van der Waals surface area contributed by atoms with Crippen molar-refractivity contribution in [3.63, 3.8) is 0 Å². The molecular weight excluding hydrogens is 389 g/mol. The van der Waals surface area contributed by atoms with Crippen molar-refractivity contribution in [3.8, 4) is 5.75 Å². The van der Waals surface area contributed by atoms with Gasteiger partial charge in [-0.2, -0.15) is 21.6 Å². The summed E-state index contributed by atoms with van der Waals surface area (Å²) in [5.74, 6) is -0.0825. The molecule has 0 spiro atoms. The van der Waals surface area contributed by atoms with Crippen LogP contribution in [0.2, 0.25) is 0 Å². The first-order valence-corrected chi connectivity index (χ1v) is 9.32. The van der Waals surface area contributed by atoms with E-state index in [0.717, 1.165) is 10.6 Å². The van der Waals surface area contributed by atoms with Crippen molar-refractivity contribution in [2.45, 2.75) is 19.5 Å². The van der Waals surface area contributed by atoms with Gasteiger partial charge in [0.2, 0.25) is 0 Å². The number of hydrogen-bond acceptors (Lipinski definition) is 6. The Labute approximate surface area is 153 Å². The average molecular weight is 406 g/mol. The molecule has 0 radical (unpaired) electrons. The summed E-state index contributed by atoms with van der Waals surface area (Å²) in [5.41, 5.74) is -3.22. The summed E-state index contributed by atoms with van der Waals surface area (Å²) >= 11 is 0. The highest BCUT2D eigenvalue weighted by molar-refractivity contribution is 7.86. The molecule has 1 aromatic carbocycles. The van der Waals surface area contributed by atoms with E-state index in [1.165, 1.54) is 39.3 Å². The zero-order valence-corrected chi connectivity index (χ0v) is 15.5. The van der Waals surface area contributed by atoms with Crippen molar-refractivity contribution >= 4 is 26.7 Å². The quantitative estimate of drug-likeness (QED) is 0.544. The lowest BCUT2D eigenvalue weighted by Crippen LogP contribution is -2.33. The molecular formula is C16H17F3N2O5S. The minimum absolute atomic E-state index is 0.138. The van der Waals surface area contributed by atoms with Gasteiger partial charge in [-0.3, -0.25) is 9.08 Å². The van der Waals surface area contributed by atoms with Crippen molar-refractivity contribution < 1.29 is 30.6 Å². The Hall–Kier alpha value is -2.56. The predicted molar refractivity (Wildman–Crippen MR) is 93.5 cm³/mol. The number of halogens is 3. The molecule has 1 aromatic heterocycles.